The Morgan fingerprint density at radius 1 is 1.43 bits per heavy atom. The van der Waals surface area contributed by atoms with Crippen LogP contribution in [0.3, 0.4) is 0 Å². The van der Waals surface area contributed by atoms with E-state index in [0.717, 1.165) is 18.8 Å². The first-order valence-corrected chi connectivity index (χ1v) is 6.51. The summed E-state index contributed by atoms with van der Waals surface area (Å²) in [6, 6.07) is 1.65. The van der Waals surface area contributed by atoms with Gasteiger partial charge in [-0.25, -0.2) is 4.98 Å². The molecule has 0 fully saturated rings. The second-order valence-corrected chi connectivity index (χ2v) is 5.03. The van der Waals surface area contributed by atoms with Gasteiger partial charge in [0.2, 0.25) is 0 Å². The Kier molecular flexibility index (Phi) is 4.49. The van der Waals surface area contributed by atoms with Crippen LogP contribution in [0.5, 0.6) is 0 Å². The lowest BCUT2D eigenvalue weighted by molar-refractivity contribution is -0.385. The highest BCUT2D eigenvalue weighted by Crippen LogP contribution is 2.21. The van der Waals surface area contributed by atoms with E-state index in [0.29, 0.717) is 11.4 Å². The topological polar surface area (TPSA) is 89.1 Å². The van der Waals surface area contributed by atoms with Gasteiger partial charge in [0.15, 0.2) is 0 Å². The number of pyridine rings is 1. The van der Waals surface area contributed by atoms with E-state index in [1.165, 1.54) is 6.20 Å². The Bertz CT molecular complexity index is 637. The van der Waals surface area contributed by atoms with Gasteiger partial charge in [0.1, 0.15) is 12.0 Å². The smallest absolute Gasteiger partial charge is 0.290 e. The predicted octanol–water partition coefficient (Wildman–Crippen LogP) is 1.80. The molecule has 0 bridgehead atoms. The second kappa shape index (κ2) is 6.31. The third kappa shape index (κ3) is 3.99. The molecule has 0 amide bonds. The van der Waals surface area contributed by atoms with E-state index < -0.39 is 4.92 Å². The third-order valence-electron chi connectivity index (χ3n) is 2.96. The Balaban J connectivity index is 2.05. The van der Waals surface area contributed by atoms with Crippen molar-refractivity contribution >= 4 is 17.2 Å². The highest BCUT2D eigenvalue weighted by atomic mass is 16.6. The van der Waals surface area contributed by atoms with Crippen LogP contribution >= 0.6 is 0 Å². The standard InChI is InChI=1S/C13H18N6O2/c1-10-6-13(14-8-12(10)19(20)21)16-11-7-15-18(9-11)5-4-17(2)3/h6-9H,4-5H2,1-3H3,(H,14,16). The van der Waals surface area contributed by atoms with Crippen LogP contribution in [-0.4, -0.2) is 45.2 Å². The highest BCUT2D eigenvalue weighted by Gasteiger charge is 2.11. The molecular weight excluding hydrogens is 272 g/mol. The fraction of sp³-hybridized carbons (Fsp3) is 0.385. The molecule has 2 aromatic rings. The number of rotatable bonds is 6. The van der Waals surface area contributed by atoms with Crippen molar-refractivity contribution in [1.29, 1.82) is 0 Å². The maximum atomic E-state index is 10.7. The summed E-state index contributed by atoms with van der Waals surface area (Å²) >= 11 is 0. The fourth-order valence-electron chi connectivity index (χ4n) is 1.81. The summed E-state index contributed by atoms with van der Waals surface area (Å²) in [5, 5.41) is 18.1. The molecule has 2 aromatic heterocycles. The van der Waals surface area contributed by atoms with Gasteiger partial charge >= 0.3 is 0 Å². The molecule has 21 heavy (non-hydrogen) atoms. The zero-order valence-corrected chi connectivity index (χ0v) is 12.3. The van der Waals surface area contributed by atoms with E-state index in [9.17, 15) is 10.1 Å². The molecule has 0 aliphatic rings. The molecule has 0 atom stereocenters. The third-order valence-corrected chi connectivity index (χ3v) is 2.96. The molecule has 2 heterocycles. The maximum absolute atomic E-state index is 10.7. The van der Waals surface area contributed by atoms with Crippen LogP contribution in [0, 0.1) is 17.0 Å². The first-order valence-electron chi connectivity index (χ1n) is 6.51. The number of nitrogens with one attached hydrogen (secondary N) is 1. The normalized spacial score (nSPS) is 10.9. The molecule has 0 aromatic carbocycles. The van der Waals surface area contributed by atoms with Gasteiger partial charge in [-0.05, 0) is 27.1 Å². The average molecular weight is 290 g/mol. The van der Waals surface area contributed by atoms with Crippen molar-refractivity contribution in [3.8, 4) is 0 Å². The van der Waals surface area contributed by atoms with E-state index in [2.05, 4.69) is 20.3 Å². The largest absolute Gasteiger partial charge is 0.338 e. The number of aromatic nitrogens is 3. The summed E-state index contributed by atoms with van der Waals surface area (Å²) in [7, 11) is 4.01. The molecule has 0 unspecified atom stereocenters. The Hall–Kier alpha value is -2.48. The molecule has 0 saturated carbocycles. The van der Waals surface area contributed by atoms with E-state index in [1.807, 2.05) is 25.0 Å². The van der Waals surface area contributed by atoms with Crippen LogP contribution in [0.4, 0.5) is 17.2 Å². The van der Waals surface area contributed by atoms with Crippen LogP contribution < -0.4 is 5.32 Å². The first kappa shape index (κ1) is 14.9. The van der Waals surface area contributed by atoms with E-state index in [-0.39, 0.29) is 5.69 Å². The monoisotopic (exact) mass is 290 g/mol. The summed E-state index contributed by atoms with van der Waals surface area (Å²) in [6.07, 6.45) is 4.84. The summed E-state index contributed by atoms with van der Waals surface area (Å²) in [5.74, 6) is 0.560. The number of anilines is 2. The minimum atomic E-state index is -0.439. The lowest BCUT2D eigenvalue weighted by Gasteiger charge is -2.08. The number of nitro groups is 1. The van der Waals surface area contributed by atoms with Crippen molar-refractivity contribution in [2.75, 3.05) is 26.0 Å². The van der Waals surface area contributed by atoms with Crippen LogP contribution in [0.25, 0.3) is 0 Å². The van der Waals surface area contributed by atoms with Crippen molar-refractivity contribution in [1.82, 2.24) is 19.7 Å². The van der Waals surface area contributed by atoms with Gasteiger partial charge in [0.25, 0.3) is 5.69 Å². The van der Waals surface area contributed by atoms with Gasteiger partial charge in [-0.1, -0.05) is 0 Å². The number of hydrogen-bond donors (Lipinski definition) is 1. The summed E-state index contributed by atoms with van der Waals surface area (Å²) in [5.41, 5.74) is 1.38. The molecule has 0 aliphatic carbocycles. The molecule has 0 radical (unpaired) electrons. The first-order chi connectivity index (χ1) is 9.95. The van der Waals surface area contributed by atoms with Crippen LogP contribution in [0.15, 0.2) is 24.7 Å². The summed E-state index contributed by atoms with van der Waals surface area (Å²) < 4.78 is 1.83. The molecule has 0 saturated heterocycles. The van der Waals surface area contributed by atoms with Gasteiger partial charge in [-0.2, -0.15) is 5.10 Å². The Morgan fingerprint density at radius 3 is 2.81 bits per heavy atom. The van der Waals surface area contributed by atoms with Crippen LogP contribution in [0.1, 0.15) is 5.56 Å². The number of aryl methyl sites for hydroxylation is 1. The van der Waals surface area contributed by atoms with Gasteiger partial charge in [0.05, 0.1) is 23.4 Å². The summed E-state index contributed by atoms with van der Waals surface area (Å²) in [4.78, 5) is 16.4. The zero-order valence-electron chi connectivity index (χ0n) is 12.3. The SMILES string of the molecule is Cc1cc(Nc2cnn(CCN(C)C)c2)ncc1[N+](=O)[O-]. The van der Waals surface area contributed by atoms with Crippen molar-refractivity contribution in [2.45, 2.75) is 13.5 Å². The lowest BCUT2D eigenvalue weighted by atomic mass is 10.2. The highest BCUT2D eigenvalue weighted by molar-refractivity contribution is 5.56. The zero-order chi connectivity index (χ0) is 15.4. The minimum absolute atomic E-state index is 0.0160. The molecule has 8 nitrogen and oxygen atoms in total. The molecular formula is C13H18N6O2. The summed E-state index contributed by atoms with van der Waals surface area (Å²) in [6.45, 7) is 3.38. The van der Waals surface area contributed by atoms with Crippen molar-refractivity contribution in [2.24, 2.45) is 0 Å². The van der Waals surface area contributed by atoms with Crippen LogP contribution in [0.2, 0.25) is 0 Å². The number of hydrogen-bond acceptors (Lipinski definition) is 6. The molecule has 0 aliphatic heterocycles. The fourth-order valence-corrected chi connectivity index (χ4v) is 1.81. The van der Waals surface area contributed by atoms with E-state index in [1.54, 1.807) is 19.2 Å². The quantitative estimate of drug-likeness (QED) is 0.644. The number of nitrogens with zero attached hydrogens (tertiary/aromatic N) is 5. The Labute approximate surface area is 122 Å². The average Bonchev–Trinajstić information content (AvgIpc) is 2.83. The van der Waals surface area contributed by atoms with Crippen molar-refractivity contribution < 1.29 is 4.92 Å². The van der Waals surface area contributed by atoms with Gasteiger partial charge < -0.3 is 10.2 Å². The molecule has 2 rings (SSSR count). The molecule has 0 spiro atoms. The number of likely N-dealkylation sites (N-methyl/N-ethyl adjacent to an activating group) is 1. The molecule has 112 valence electrons. The predicted molar refractivity (Wildman–Crippen MR) is 79.7 cm³/mol. The maximum Gasteiger partial charge on any atom is 0.290 e. The van der Waals surface area contributed by atoms with Gasteiger partial charge in [0, 0.05) is 18.3 Å². The Morgan fingerprint density at radius 2 is 2.19 bits per heavy atom. The van der Waals surface area contributed by atoms with Crippen LogP contribution in [-0.2, 0) is 6.54 Å². The van der Waals surface area contributed by atoms with Crippen molar-refractivity contribution in [3.63, 3.8) is 0 Å². The van der Waals surface area contributed by atoms with Gasteiger partial charge in [-0.15, -0.1) is 0 Å². The lowest BCUT2D eigenvalue weighted by Crippen LogP contribution is -2.18. The molecule has 1 N–H and O–H groups in total. The van der Waals surface area contributed by atoms with E-state index in [4.69, 9.17) is 0 Å². The molecule has 8 heteroatoms. The minimum Gasteiger partial charge on any atom is -0.338 e. The van der Waals surface area contributed by atoms with Crippen molar-refractivity contribution in [3.05, 3.63) is 40.3 Å². The van der Waals surface area contributed by atoms with Gasteiger partial charge in [-0.3, -0.25) is 14.8 Å². The second-order valence-electron chi connectivity index (χ2n) is 5.03. The van der Waals surface area contributed by atoms with E-state index >= 15 is 0 Å².